The molecule has 4 heteroatoms. The summed E-state index contributed by atoms with van der Waals surface area (Å²) in [5.74, 6) is 0.188. The van der Waals surface area contributed by atoms with E-state index in [0.717, 1.165) is 16.5 Å². The van der Waals surface area contributed by atoms with Crippen molar-refractivity contribution < 1.29 is 4.39 Å². The topological polar surface area (TPSA) is 28.7 Å². The van der Waals surface area contributed by atoms with Crippen LogP contribution < -0.4 is 0 Å². The van der Waals surface area contributed by atoms with E-state index in [0.29, 0.717) is 16.0 Å². The molecule has 4 rings (SSSR count). The van der Waals surface area contributed by atoms with Crippen molar-refractivity contribution in [3.8, 4) is 11.4 Å². The van der Waals surface area contributed by atoms with Gasteiger partial charge >= 0.3 is 0 Å². The summed E-state index contributed by atoms with van der Waals surface area (Å²) >= 11 is 5.35. The molecule has 25 heavy (non-hydrogen) atoms. The molecule has 0 fully saturated rings. The predicted octanol–water partition coefficient (Wildman–Crippen LogP) is 5.86. The van der Waals surface area contributed by atoms with Gasteiger partial charge < -0.3 is 4.98 Å². The summed E-state index contributed by atoms with van der Waals surface area (Å²) in [6, 6.07) is 12.9. The summed E-state index contributed by atoms with van der Waals surface area (Å²) in [6.45, 7) is 0. The summed E-state index contributed by atoms with van der Waals surface area (Å²) in [6.07, 6.45) is 11.9. The molecule has 3 aromatic rings. The number of aromatic amines is 1. The SMILES string of the molecule is Fc1cc(C2C=CC=CC=C2)ccc1-c1nc(=S)c2ccccc2[nH]1. The molecule has 0 radical (unpaired) electrons. The second-order valence-electron chi connectivity index (χ2n) is 5.86. The van der Waals surface area contributed by atoms with Crippen LogP contribution in [0.2, 0.25) is 0 Å². The highest BCUT2D eigenvalue weighted by Gasteiger charge is 2.13. The van der Waals surface area contributed by atoms with E-state index in [1.165, 1.54) is 0 Å². The Labute approximate surface area is 150 Å². The van der Waals surface area contributed by atoms with Crippen molar-refractivity contribution in [3.63, 3.8) is 0 Å². The van der Waals surface area contributed by atoms with E-state index in [1.54, 1.807) is 12.1 Å². The molecule has 0 unspecified atom stereocenters. The monoisotopic (exact) mass is 346 g/mol. The van der Waals surface area contributed by atoms with Crippen molar-refractivity contribution in [3.05, 3.63) is 94.9 Å². The average molecular weight is 346 g/mol. The number of para-hydroxylation sites is 1. The van der Waals surface area contributed by atoms with Gasteiger partial charge in [-0.2, -0.15) is 0 Å². The molecule has 2 aromatic carbocycles. The Kier molecular flexibility index (Phi) is 4.12. The third-order valence-corrected chi connectivity index (χ3v) is 4.54. The third kappa shape index (κ3) is 3.08. The number of H-pyrrole nitrogens is 1. The summed E-state index contributed by atoms with van der Waals surface area (Å²) < 4.78 is 15.2. The highest BCUT2D eigenvalue weighted by atomic mass is 32.1. The van der Waals surface area contributed by atoms with E-state index in [9.17, 15) is 4.39 Å². The Morgan fingerprint density at radius 3 is 2.48 bits per heavy atom. The predicted molar refractivity (Wildman–Crippen MR) is 102 cm³/mol. The first-order chi connectivity index (χ1) is 12.2. The normalized spacial score (nSPS) is 14.1. The number of aromatic nitrogens is 2. The van der Waals surface area contributed by atoms with Gasteiger partial charge in [0.25, 0.3) is 0 Å². The number of hydrogen-bond donors (Lipinski definition) is 1. The van der Waals surface area contributed by atoms with Gasteiger partial charge in [-0.05, 0) is 29.8 Å². The number of benzene rings is 2. The van der Waals surface area contributed by atoms with Crippen LogP contribution in [0.3, 0.4) is 0 Å². The van der Waals surface area contributed by atoms with Gasteiger partial charge in [-0.1, -0.05) is 66.9 Å². The zero-order valence-electron chi connectivity index (χ0n) is 13.3. The zero-order valence-corrected chi connectivity index (χ0v) is 14.1. The quantitative estimate of drug-likeness (QED) is 0.588. The molecule has 0 spiro atoms. The second-order valence-corrected chi connectivity index (χ2v) is 6.24. The van der Waals surface area contributed by atoms with Crippen LogP contribution in [0.5, 0.6) is 0 Å². The van der Waals surface area contributed by atoms with Crippen molar-refractivity contribution in [1.29, 1.82) is 0 Å². The molecule has 1 aliphatic carbocycles. The zero-order chi connectivity index (χ0) is 17.2. The van der Waals surface area contributed by atoms with Gasteiger partial charge in [0.15, 0.2) is 0 Å². The highest BCUT2D eigenvalue weighted by molar-refractivity contribution is 7.71. The molecule has 122 valence electrons. The molecule has 1 N–H and O–H groups in total. The van der Waals surface area contributed by atoms with Crippen LogP contribution in [0.4, 0.5) is 4.39 Å². The molecular weight excluding hydrogens is 331 g/mol. The lowest BCUT2D eigenvalue weighted by atomic mass is 9.97. The lowest BCUT2D eigenvalue weighted by Gasteiger charge is -2.11. The Balaban J connectivity index is 1.78. The fourth-order valence-corrected chi connectivity index (χ4v) is 3.21. The first-order valence-electron chi connectivity index (χ1n) is 8.03. The summed E-state index contributed by atoms with van der Waals surface area (Å²) in [7, 11) is 0. The summed E-state index contributed by atoms with van der Waals surface area (Å²) in [4.78, 5) is 7.55. The molecule has 0 aliphatic heterocycles. The van der Waals surface area contributed by atoms with Crippen LogP contribution in [0.1, 0.15) is 11.5 Å². The third-order valence-electron chi connectivity index (χ3n) is 4.23. The van der Waals surface area contributed by atoms with Gasteiger partial charge in [-0.3, -0.25) is 0 Å². The fourth-order valence-electron chi connectivity index (χ4n) is 2.94. The molecule has 1 aliphatic rings. The molecule has 2 nitrogen and oxygen atoms in total. The highest BCUT2D eigenvalue weighted by Crippen LogP contribution is 2.27. The van der Waals surface area contributed by atoms with Gasteiger partial charge in [-0.25, -0.2) is 9.37 Å². The van der Waals surface area contributed by atoms with Crippen LogP contribution in [0.15, 0.2) is 78.9 Å². The van der Waals surface area contributed by atoms with E-state index < -0.39 is 0 Å². The van der Waals surface area contributed by atoms with Crippen molar-refractivity contribution in [2.45, 2.75) is 5.92 Å². The number of fused-ring (bicyclic) bond motifs is 1. The average Bonchev–Trinajstić information content (AvgIpc) is 2.91. The van der Waals surface area contributed by atoms with Gasteiger partial charge in [-0.15, -0.1) is 0 Å². The maximum absolute atomic E-state index is 14.8. The molecule has 0 saturated carbocycles. The minimum Gasteiger partial charge on any atom is -0.339 e. The van der Waals surface area contributed by atoms with Crippen molar-refractivity contribution >= 4 is 23.1 Å². The van der Waals surface area contributed by atoms with Crippen LogP contribution in [-0.2, 0) is 0 Å². The van der Waals surface area contributed by atoms with Gasteiger partial charge in [0.1, 0.15) is 16.3 Å². The van der Waals surface area contributed by atoms with E-state index >= 15 is 0 Å². The Bertz CT molecular complexity index is 1080. The summed E-state index contributed by atoms with van der Waals surface area (Å²) in [5.41, 5.74) is 2.17. The maximum Gasteiger partial charge on any atom is 0.142 e. The lowest BCUT2D eigenvalue weighted by molar-refractivity contribution is 0.627. The standard InChI is InChI=1S/C21H15FN2S/c22-18-13-15(14-7-3-1-2-4-8-14)11-12-16(18)20-23-19-10-6-5-9-17(19)21(25)24-20/h1-14H,(H,23,24,25). The minimum absolute atomic E-state index is 0.0570. The number of hydrogen-bond acceptors (Lipinski definition) is 2. The Morgan fingerprint density at radius 1 is 0.960 bits per heavy atom. The molecule has 0 saturated heterocycles. The molecule has 0 bridgehead atoms. The molecule has 0 amide bonds. The summed E-state index contributed by atoms with van der Waals surface area (Å²) in [5, 5.41) is 0.861. The van der Waals surface area contributed by atoms with Crippen molar-refractivity contribution in [1.82, 2.24) is 9.97 Å². The number of halogens is 1. The van der Waals surface area contributed by atoms with E-state index in [2.05, 4.69) is 9.97 Å². The number of allylic oxidation sites excluding steroid dienone is 6. The Morgan fingerprint density at radius 2 is 1.72 bits per heavy atom. The number of nitrogens with one attached hydrogen (secondary N) is 1. The first kappa shape index (κ1) is 15.7. The Hall–Kier alpha value is -2.85. The van der Waals surface area contributed by atoms with E-state index in [-0.39, 0.29) is 11.7 Å². The van der Waals surface area contributed by atoms with Crippen LogP contribution in [-0.4, -0.2) is 9.97 Å². The van der Waals surface area contributed by atoms with E-state index in [4.69, 9.17) is 12.2 Å². The van der Waals surface area contributed by atoms with Gasteiger partial charge in [0.2, 0.25) is 0 Å². The van der Waals surface area contributed by atoms with Crippen LogP contribution in [0, 0.1) is 10.5 Å². The second kappa shape index (κ2) is 6.57. The smallest absolute Gasteiger partial charge is 0.142 e. The largest absolute Gasteiger partial charge is 0.339 e. The van der Waals surface area contributed by atoms with Crippen LogP contribution >= 0.6 is 12.2 Å². The molecule has 1 heterocycles. The first-order valence-corrected chi connectivity index (χ1v) is 8.44. The lowest BCUT2D eigenvalue weighted by Crippen LogP contribution is -1.97. The van der Waals surface area contributed by atoms with Gasteiger partial charge in [0.05, 0.1) is 5.56 Å². The van der Waals surface area contributed by atoms with Crippen molar-refractivity contribution in [2.24, 2.45) is 0 Å². The maximum atomic E-state index is 14.8. The minimum atomic E-state index is -0.315. The van der Waals surface area contributed by atoms with Crippen LogP contribution in [0.25, 0.3) is 22.3 Å². The number of rotatable bonds is 2. The molecule has 0 atom stereocenters. The van der Waals surface area contributed by atoms with Crippen molar-refractivity contribution in [2.75, 3.05) is 0 Å². The molecular formula is C21H15FN2S. The molecule has 1 aromatic heterocycles. The fraction of sp³-hybridized carbons (Fsp3) is 0.0476. The van der Waals surface area contributed by atoms with E-state index in [1.807, 2.05) is 66.8 Å². The van der Waals surface area contributed by atoms with Gasteiger partial charge in [0, 0.05) is 16.8 Å². The number of nitrogens with zero attached hydrogens (tertiary/aromatic N) is 1.